The molecule has 0 aliphatic heterocycles. The predicted molar refractivity (Wildman–Crippen MR) is 73.3 cm³/mol. The first-order valence-electron chi connectivity index (χ1n) is 6.23. The van der Waals surface area contributed by atoms with Crippen molar-refractivity contribution in [2.24, 2.45) is 0 Å². The fourth-order valence-electron chi connectivity index (χ4n) is 1.57. The highest BCUT2D eigenvalue weighted by molar-refractivity contribution is 7.09. The minimum absolute atomic E-state index is 0.175. The standard InChI is InChI=1S/C13H14F3N3OS/c1-9-19-11(8-21-9)7-17-4-5-20-12-3-2-10(6-18-12)13(14,15)16/h2-3,6,8,17H,4-5,7H2,1H3. The highest BCUT2D eigenvalue weighted by atomic mass is 32.1. The van der Waals surface area contributed by atoms with E-state index in [-0.39, 0.29) is 5.88 Å². The number of aryl methyl sites for hydroxylation is 1. The molecule has 0 aliphatic rings. The van der Waals surface area contributed by atoms with Crippen molar-refractivity contribution in [1.82, 2.24) is 15.3 Å². The number of hydrogen-bond acceptors (Lipinski definition) is 5. The zero-order valence-corrected chi connectivity index (χ0v) is 12.1. The van der Waals surface area contributed by atoms with E-state index in [2.05, 4.69) is 15.3 Å². The molecule has 8 heteroatoms. The van der Waals surface area contributed by atoms with Crippen molar-refractivity contribution < 1.29 is 17.9 Å². The molecular weight excluding hydrogens is 303 g/mol. The van der Waals surface area contributed by atoms with Crippen LogP contribution in [0.5, 0.6) is 5.88 Å². The summed E-state index contributed by atoms with van der Waals surface area (Å²) in [5, 5.41) is 6.12. The molecule has 1 N–H and O–H groups in total. The van der Waals surface area contributed by atoms with Gasteiger partial charge in [0.2, 0.25) is 5.88 Å². The Morgan fingerprint density at radius 2 is 2.14 bits per heavy atom. The van der Waals surface area contributed by atoms with Crippen molar-refractivity contribution in [2.75, 3.05) is 13.2 Å². The Bertz CT molecular complexity index is 569. The fraction of sp³-hybridized carbons (Fsp3) is 0.385. The first-order chi connectivity index (χ1) is 9.95. The van der Waals surface area contributed by atoms with E-state index in [1.54, 1.807) is 11.3 Å². The van der Waals surface area contributed by atoms with Gasteiger partial charge in [0.1, 0.15) is 6.61 Å². The van der Waals surface area contributed by atoms with Gasteiger partial charge in [0.15, 0.2) is 0 Å². The number of hydrogen-bond donors (Lipinski definition) is 1. The maximum Gasteiger partial charge on any atom is 0.417 e. The van der Waals surface area contributed by atoms with Gasteiger partial charge in [0.05, 0.1) is 16.3 Å². The normalized spacial score (nSPS) is 11.6. The van der Waals surface area contributed by atoms with E-state index in [0.29, 0.717) is 19.7 Å². The molecule has 0 spiro atoms. The van der Waals surface area contributed by atoms with Gasteiger partial charge >= 0.3 is 6.18 Å². The second kappa shape index (κ2) is 6.86. The van der Waals surface area contributed by atoms with E-state index in [4.69, 9.17) is 4.74 Å². The average molecular weight is 317 g/mol. The topological polar surface area (TPSA) is 47.0 Å². The SMILES string of the molecule is Cc1nc(CNCCOc2ccc(C(F)(F)F)cn2)cs1. The summed E-state index contributed by atoms with van der Waals surface area (Å²) in [6.07, 6.45) is -3.61. The Kier molecular flexibility index (Phi) is 5.13. The summed E-state index contributed by atoms with van der Waals surface area (Å²) >= 11 is 1.58. The molecule has 0 atom stereocenters. The number of nitrogens with zero attached hydrogens (tertiary/aromatic N) is 2. The highest BCUT2D eigenvalue weighted by Gasteiger charge is 2.30. The van der Waals surface area contributed by atoms with Crippen molar-refractivity contribution in [1.29, 1.82) is 0 Å². The Morgan fingerprint density at radius 1 is 1.33 bits per heavy atom. The Balaban J connectivity index is 1.69. The summed E-state index contributed by atoms with van der Waals surface area (Å²) in [5.41, 5.74) is 0.178. The number of ether oxygens (including phenoxy) is 1. The molecule has 0 aromatic carbocycles. The van der Waals surface area contributed by atoms with E-state index in [1.807, 2.05) is 12.3 Å². The third-order valence-electron chi connectivity index (χ3n) is 2.57. The summed E-state index contributed by atoms with van der Waals surface area (Å²) in [7, 11) is 0. The monoisotopic (exact) mass is 317 g/mol. The highest BCUT2D eigenvalue weighted by Crippen LogP contribution is 2.29. The van der Waals surface area contributed by atoms with Crippen LogP contribution in [0.3, 0.4) is 0 Å². The zero-order chi connectivity index (χ0) is 15.3. The van der Waals surface area contributed by atoms with Crippen molar-refractivity contribution in [3.05, 3.63) is 40.0 Å². The van der Waals surface area contributed by atoms with Crippen LogP contribution >= 0.6 is 11.3 Å². The lowest BCUT2D eigenvalue weighted by Gasteiger charge is -2.08. The third-order valence-corrected chi connectivity index (χ3v) is 3.39. The maximum absolute atomic E-state index is 12.3. The first-order valence-corrected chi connectivity index (χ1v) is 7.11. The number of thiazole rings is 1. The third kappa shape index (κ3) is 4.98. The molecular formula is C13H14F3N3OS. The van der Waals surface area contributed by atoms with Crippen LogP contribution in [0.25, 0.3) is 0 Å². The molecule has 2 aromatic rings. The van der Waals surface area contributed by atoms with Gasteiger partial charge in [-0.25, -0.2) is 9.97 Å². The van der Waals surface area contributed by atoms with E-state index in [9.17, 15) is 13.2 Å². The molecule has 2 heterocycles. The van der Waals surface area contributed by atoms with Gasteiger partial charge in [-0.2, -0.15) is 13.2 Å². The molecule has 0 unspecified atom stereocenters. The Hall–Kier alpha value is -1.67. The van der Waals surface area contributed by atoms with Crippen LogP contribution in [0.2, 0.25) is 0 Å². The largest absolute Gasteiger partial charge is 0.476 e. The van der Waals surface area contributed by atoms with Crippen molar-refractivity contribution >= 4 is 11.3 Å². The lowest BCUT2D eigenvalue weighted by atomic mass is 10.3. The van der Waals surface area contributed by atoms with Gasteiger partial charge in [-0.15, -0.1) is 11.3 Å². The van der Waals surface area contributed by atoms with Crippen molar-refractivity contribution in [3.63, 3.8) is 0 Å². The van der Waals surface area contributed by atoms with Gasteiger partial charge in [-0.3, -0.25) is 0 Å². The van der Waals surface area contributed by atoms with Crippen LogP contribution in [0.15, 0.2) is 23.7 Å². The van der Waals surface area contributed by atoms with Gasteiger partial charge < -0.3 is 10.1 Å². The molecule has 0 saturated carbocycles. The summed E-state index contributed by atoms with van der Waals surface area (Å²) in [4.78, 5) is 7.92. The number of alkyl halides is 3. The van der Waals surface area contributed by atoms with Crippen molar-refractivity contribution in [3.8, 4) is 5.88 Å². The van der Waals surface area contributed by atoms with E-state index < -0.39 is 11.7 Å². The molecule has 4 nitrogen and oxygen atoms in total. The second-order valence-corrected chi connectivity index (χ2v) is 5.33. The summed E-state index contributed by atoms with van der Waals surface area (Å²) < 4.78 is 42.3. The van der Waals surface area contributed by atoms with E-state index in [0.717, 1.165) is 23.0 Å². The second-order valence-electron chi connectivity index (χ2n) is 4.27. The molecule has 0 radical (unpaired) electrons. The molecule has 2 aromatic heterocycles. The van der Waals surface area contributed by atoms with E-state index >= 15 is 0 Å². The van der Waals surface area contributed by atoms with Gasteiger partial charge in [-0.05, 0) is 13.0 Å². The molecule has 0 saturated heterocycles. The summed E-state index contributed by atoms with van der Waals surface area (Å²) in [6.45, 7) is 3.45. The Labute approximate surface area is 124 Å². The smallest absolute Gasteiger partial charge is 0.417 e. The first kappa shape index (κ1) is 15.7. The lowest BCUT2D eigenvalue weighted by molar-refractivity contribution is -0.137. The minimum Gasteiger partial charge on any atom is -0.476 e. The molecule has 0 aliphatic carbocycles. The summed E-state index contributed by atoms with van der Waals surface area (Å²) in [5.74, 6) is 0.175. The van der Waals surface area contributed by atoms with Crippen LogP contribution in [0.4, 0.5) is 13.2 Å². The molecule has 0 fully saturated rings. The van der Waals surface area contributed by atoms with Gasteiger partial charge in [0.25, 0.3) is 0 Å². The summed E-state index contributed by atoms with van der Waals surface area (Å²) in [6, 6.07) is 2.17. The number of halogens is 3. The average Bonchev–Trinajstić information content (AvgIpc) is 2.84. The van der Waals surface area contributed by atoms with Crippen LogP contribution in [0, 0.1) is 6.92 Å². The molecule has 0 amide bonds. The molecule has 21 heavy (non-hydrogen) atoms. The van der Waals surface area contributed by atoms with Crippen LogP contribution in [-0.4, -0.2) is 23.1 Å². The number of aromatic nitrogens is 2. The lowest BCUT2D eigenvalue weighted by Crippen LogP contribution is -2.21. The fourth-order valence-corrected chi connectivity index (χ4v) is 2.18. The minimum atomic E-state index is -4.38. The predicted octanol–water partition coefficient (Wildman–Crippen LogP) is 3.03. The maximum atomic E-state index is 12.3. The van der Waals surface area contributed by atoms with Gasteiger partial charge in [-0.1, -0.05) is 0 Å². The van der Waals surface area contributed by atoms with Crippen LogP contribution < -0.4 is 10.1 Å². The number of pyridine rings is 1. The van der Waals surface area contributed by atoms with Crippen LogP contribution in [-0.2, 0) is 12.7 Å². The van der Waals surface area contributed by atoms with Crippen molar-refractivity contribution in [2.45, 2.75) is 19.6 Å². The number of rotatable bonds is 6. The van der Waals surface area contributed by atoms with Crippen LogP contribution in [0.1, 0.15) is 16.3 Å². The molecule has 0 bridgehead atoms. The van der Waals surface area contributed by atoms with Gasteiger partial charge in [0, 0.05) is 30.7 Å². The zero-order valence-electron chi connectivity index (χ0n) is 11.3. The quantitative estimate of drug-likeness (QED) is 0.832. The number of nitrogens with one attached hydrogen (secondary N) is 1. The Morgan fingerprint density at radius 3 is 2.71 bits per heavy atom. The molecule has 114 valence electrons. The van der Waals surface area contributed by atoms with E-state index in [1.165, 1.54) is 6.07 Å². The molecule has 2 rings (SSSR count).